The summed E-state index contributed by atoms with van der Waals surface area (Å²) in [6.07, 6.45) is 0.841. The van der Waals surface area contributed by atoms with Crippen molar-refractivity contribution < 1.29 is 0 Å². The first-order valence-electron chi connectivity index (χ1n) is 7.17. The Labute approximate surface area is 130 Å². The molecule has 0 amide bonds. The zero-order chi connectivity index (χ0) is 14.7. The lowest BCUT2D eigenvalue weighted by molar-refractivity contribution is 1.24. The van der Waals surface area contributed by atoms with E-state index in [4.69, 9.17) is 12.2 Å². The molecule has 0 saturated heterocycles. The molecule has 0 N–H and O–H groups in total. The van der Waals surface area contributed by atoms with Gasteiger partial charge < -0.3 is 4.90 Å². The SMILES string of the molecule is CCC(=S)N(c1ccccc1)c1cccc2ccccc12. The summed E-state index contributed by atoms with van der Waals surface area (Å²) in [5.41, 5.74) is 2.26. The van der Waals surface area contributed by atoms with Gasteiger partial charge in [0.25, 0.3) is 0 Å². The Morgan fingerprint density at radius 1 is 0.857 bits per heavy atom. The second-order valence-corrected chi connectivity index (χ2v) is 5.39. The van der Waals surface area contributed by atoms with E-state index >= 15 is 0 Å². The van der Waals surface area contributed by atoms with Crippen molar-refractivity contribution in [2.45, 2.75) is 13.3 Å². The van der Waals surface area contributed by atoms with Crippen LogP contribution in [0.5, 0.6) is 0 Å². The van der Waals surface area contributed by atoms with Crippen molar-refractivity contribution >= 4 is 39.4 Å². The van der Waals surface area contributed by atoms with Gasteiger partial charge >= 0.3 is 0 Å². The highest BCUT2D eigenvalue weighted by Gasteiger charge is 2.15. The fourth-order valence-electron chi connectivity index (χ4n) is 2.56. The van der Waals surface area contributed by atoms with Gasteiger partial charge in [-0.2, -0.15) is 0 Å². The number of benzene rings is 3. The molecular weight excluding hydrogens is 274 g/mol. The first-order valence-corrected chi connectivity index (χ1v) is 7.58. The van der Waals surface area contributed by atoms with Crippen molar-refractivity contribution in [1.29, 1.82) is 0 Å². The zero-order valence-corrected chi connectivity index (χ0v) is 12.8. The summed E-state index contributed by atoms with van der Waals surface area (Å²) in [5.74, 6) is 0. The van der Waals surface area contributed by atoms with Crippen molar-refractivity contribution in [3.05, 3.63) is 72.8 Å². The van der Waals surface area contributed by atoms with E-state index in [0.29, 0.717) is 0 Å². The minimum atomic E-state index is 0.841. The number of hydrogen-bond acceptors (Lipinski definition) is 1. The van der Waals surface area contributed by atoms with Crippen LogP contribution in [0.1, 0.15) is 13.3 Å². The third-order valence-electron chi connectivity index (χ3n) is 3.57. The number of fused-ring (bicyclic) bond motifs is 1. The van der Waals surface area contributed by atoms with Gasteiger partial charge in [0.15, 0.2) is 0 Å². The van der Waals surface area contributed by atoms with Gasteiger partial charge in [0.1, 0.15) is 0 Å². The molecule has 0 aromatic heterocycles. The highest BCUT2D eigenvalue weighted by atomic mass is 32.1. The van der Waals surface area contributed by atoms with Gasteiger partial charge in [-0.25, -0.2) is 0 Å². The van der Waals surface area contributed by atoms with Crippen molar-refractivity contribution in [3.63, 3.8) is 0 Å². The normalized spacial score (nSPS) is 10.5. The van der Waals surface area contributed by atoms with Gasteiger partial charge in [-0.3, -0.25) is 0 Å². The predicted octanol–water partition coefficient (Wildman–Crippen LogP) is 5.72. The quantitative estimate of drug-likeness (QED) is 0.568. The molecule has 0 aliphatic heterocycles. The van der Waals surface area contributed by atoms with Crippen LogP contribution in [-0.2, 0) is 0 Å². The lowest BCUT2D eigenvalue weighted by atomic mass is 10.1. The highest BCUT2D eigenvalue weighted by Crippen LogP contribution is 2.33. The maximum absolute atomic E-state index is 5.63. The van der Waals surface area contributed by atoms with Crippen LogP contribution >= 0.6 is 12.2 Å². The molecule has 0 heterocycles. The summed E-state index contributed by atoms with van der Waals surface area (Å²) in [7, 11) is 0. The number of hydrogen-bond donors (Lipinski definition) is 0. The van der Waals surface area contributed by atoms with Crippen LogP contribution in [0.4, 0.5) is 11.4 Å². The number of thiocarbonyl (C=S) groups is 1. The molecule has 0 saturated carbocycles. The predicted molar refractivity (Wildman–Crippen MR) is 95.4 cm³/mol. The monoisotopic (exact) mass is 291 g/mol. The van der Waals surface area contributed by atoms with Gasteiger partial charge in [0.05, 0.1) is 10.7 Å². The van der Waals surface area contributed by atoms with Crippen LogP contribution in [0, 0.1) is 0 Å². The fraction of sp³-hybridized carbons (Fsp3) is 0.105. The molecule has 3 aromatic rings. The van der Waals surface area contributed by atoms with E-state index in [1.165, 1.54) is 10.8 Å². The maximum atomic E-state index is 5.63. The summed E-state index contributed by atoms with van der Waals surface area (Å²) in [4.78, 5) is 3.11. The number of para-hydroxylation sites is 1. The van der Waals surface area contributed by atoms with Gasteiger partial charge in [0.2, 0.25) is 0 Å². The van der Waals surface area contributed by atoms with E-state index in [-0.39, 0.29) is 0 Å². The van der Waals surface area contributed by atoms with Crippen molar-refractivity contribution in [2.24, 2.45) is 0 Å². The van der Waals surface area contributed by atoms with Gasteiger partial charge in [-0.05, 0) is 30.0 Å². The maximum Gasteiger partial charge on any atom is 0.0867 e. The second-order valence-electron chi connectivity index (χ2n) is 4.92. The Bertz CT molecular complexity index is 759. The Balaban J connectivity index is 2.22. The third-order valence-corrected chi connectivity index (χ3v) is 4.05. The first kappa shape index (κ1) is 13.8. The average Bonchev–Trinajstić information content (AvgIpc) is 2.56. The molecular formula is C19H17NS. The Kier molecular flexibility index (Phi) is 3.98. The molecule has 104 valence electrons. The van der Waals surface area contributed by atoms with Gasteiger partial charge in [-0.15, -0.1) is 0 Å². The van der Waals surface area contributed by atoms with Crippen LogP contribution in [-0.4, -0.2) is 4.99 Å². The summed E-state index contributed by atoms with van der Waals surface area (Å²) < 4.78 is 0. The summed E-state index contributed by atoms with van der Waals surface area (Å²) in [6.45, 7) is 2.10. The molecule has 0 atom stereocenters. The van der Waals surface area contributed by atoms with Gasteiger partial charge in [-0.1, -0.05) is 73.7 Å². The smallest absolute Gasteiger partial charge is 0.0867 e. The lowest BCUT2D eigenvalue weighted by Crippen LogP contribution is -2.23. The van der Waals surface area contributed by atoms with Crippen molar-refractivity contribution in [2.75, 3.05) is 4.90 Å². The van der Waals surface area contributed by atoms with Crippen molar-refractivity contribution in [1.82, 2.24) is 0 Å². The van der Waals surface area contributed by atoms with Crippen LogP contribution in [0.3, 0.4) is 0 Å². The molecule has 0 bridgehead atoms. The highest BCUT2D eigenvalue weighted by molar-refractivity contribution is 7.80. The van der Waals surface area contributed by atoms with Gasteiger partial charge in [0, 0.05) is 11.1 Å². The van der Waals surface area contributed by atoms with E-state index in [1.54, 1.807) is 0 Å². The third kappa shape index (κ3) is 2.67. The van der Waals surface area contributed by atoms with E-state index in [0.717, 1.165) is 22.8 Å². The molecule has 21 heavy (non-hydrogen) atoms. The Morgan fingerprint density at radius 2 is 1.52 bits per heavy atom. The largest absolute Gasteiger partial charge is 0.304 e. The molecule has 0 aliphatic carbocycles. The minimum Gasteiger partial charge on any atom is -0.304 e. The van der Waals surface area contributed by atoms with Crippen LogP contribution < -0.4 is 4.90 Å². The topological polar surface area (TPSA) is 3.24 Å². The molecule has 0 unspecified atom stereocenters. The summed E-state index contributed by atoms with van der Waals surface area (Å²) >= 11 is 5.63. The Hall–Kier alpha value is -2.19. The zero-order valence-electron chi connectivity index (χ0n) is 12.0. The summed E-state index contributed by atoms with van der Waals surface area (Å²) in [6, 6.07) is 25.1. The molecule has 0 radical (unpaired) electrons. The molecule has 2 heteroatoms. The van der Waals surface area contributed by atoms with Crippen LogP contribution in [0.15, 0.2) is 72.8 Å². The second kappa shape index (κ2) is 6.06. The molecule has 0 aliphatic rings. The number of nitrogens with zero attached hydrogens (tertiary/aromatic N) is 1. The first-order chi connectivity index (χ1) is 10.3. The standard InChI is InChI=1S/C19H17NS/c1-2-19(21)20(16-11-4-3-5-12-16)18-14-8-10-15-9-6-7-13-17(15)18/h3-14H,2H2,1H3. The fourth-order valence-corrected chi connectivity index (χ4v) is 2.76. The lowest BCUT2D eigenvalue weighted by Gasteiger charge is -2.26. The molecule has 3 aromatic carbocycles. The Morgan fingerprint density at radius 3 is 2.29 bits per heavy atom. The van der Waals surface area contributed by atoms with Crippen LogP contribution in [0.25, 0.3) is 10.8 Å². The molecule has 1 nitrogen and oxygen atoms in total. The molecule has 0 spiro atoms. The van der Waals surface area contributed by atoms with E-state index in [1.807, 2.05) is 18.2 Å². The number of rotatable bonds is 3. The average molecular weight is 291 g/mol. The van der Waals surface area contributed by atoms with E-state index < -0.39 is 0 Å². The van der Waals surface area contributed by atoms with E-state index in [2.05, 4.69) is 66.4 Å². The molecule has 3 rings (SSSR count). The minimum absolute atomic E-state index is 0.841. The molecule has 0 fully saturated rings. The number of anilines is 2. The van der Waals surface area contributed by atoms with E-state index in [9.17, 15) is 0 Å². The van der Waals surface area contributed by atoms with Crippen LogP contribution in [0.2, 0.25) is 0 Å². The van der Waals surface area contributed by atoms with Crippen molar-refractivity contribution in [3.8, 4) is 0 Å². The summed E-state index contributed by atoms with van der Waals surface area (Å²) in [5, 5.41) is 2.45.